The zero-order valence-electron chi connectivity index (χ0n) is 16.0. The van der Waals surface area contributed by atoms with Crippen molar-refractivity contribution in [2.24, 2.45) is 0 Å². The van der Waals surface area contributed by atoms with Crippen molar-refractivity contribution in [3.8, 4) is 0 Å². The Balaban J connectivity index is 1.78. The van der Waals surface area contributed by atoms with Gasteiger partial charge in [0.25, 0.3) is 5.69 Å². The first kappa shape index (κ1) is 20.2. The van der Waals surface area contributed by atoms with Crippen LogP contribution in [0.4, 0.5) is 18.9 Å². The number of hydrogen-bond acceptors (Lipinski definition) is 3. The number of nitrogens with zero attached hydrogens (tertiary/aromatic N) is 3. The predicted octanol–water partition coefficient (Wildman–Crippen LogP) is 5.41. The van der Waals surface area contributed by atoms with Crippen molar-refractivity contribution in [3.05, 3.63) is 99.4 Å². The van der Waals surface area contributed by atoms with E-state index in [1.54, 1.807) is 24.3 Å². The van der Waals surface area contributed by atoms with Crippen LogP contribution in [0.2, 0.25) is 0 Å². The van der Waals surface area contributed by atoms with Crippen LogP contribution in [-0.2, 0) is 19.3 Å². The van der Waals surface area contributed by atoms with Crippen LogP contribution in [0.5, 0.6) is 0 Å². The summed E-state index contributed by atoms with van der Waals surface area (Å²) in [5.74, 6) is 0. The molecule has 2 aromatic carbocycles. The molecule has 0 aliphatic carbocycles. The van der Waals surface area contributed by atoms with Gasteiger partial charge < -0.3 is 4.57 Å². The van der Waals surface area contributed by atoms with Gasteiger partial charge >= 0.3 is 6.18 Å². The van der Waals surface area contributed by atoms with E-state index < -0.39 is 22.7 Å². The minimum atomic E-state index is -4.42. The van der Waals surface area contributed by atoms with E-state index in [1.165, 1.54) is 12.1 Å². The molecule has 4 rings (SSSR count). The molecule has 30 heavy (non-hydrogen) atoms. The quantitative estimate of drug-likeness (QED) is 0.423. The first-order valence-corrected chi connectivity index (χ1v) is 9.63. The zero-order valence-corrected chi connectivity index (χ0v) is 16.0. The molecule has 0 amide bonds. The van der Waals surface area contributed by atoms with E-state index in [2.05, 4.69) is 4.57 Å². The molecule has 5 nitrogen and oxygen atoms in total. The molecule has 1 aromatic heterocycles. The lowest BCUT2D eigenvalue weighted by Crippen LogP contribution is -2.30. The van der Waals surface area contributed by atoms with Gasteiger partial charge in [0.05, 0.1) is 22.1 Å². The highest BCUT2D eigenvalue weighted by atomic mass is 19.4. The highest BCUT2D eigenvalue weighted by Crippen LogP contribution is 2.38. The maximum absolute atomic E-state index is 13.2. The fraction of sp³-hybridized carbons (Fsp3) is 0.273. The molecule has 1 aliphatic rings. The Morgan fingerprint density at radius 3 is 2.60 bits per heavy atom. The van der Waals surface area contributed by atoms with Gasteiger partial charge in [0.15, 0.2) is 0 Å². The number of fused-ring (bicyclic) bond motifs is 1. The zero-order chi connectivity index (χ0) is 21.3. The lowest BCUT2D eigenvalue weighted by molar-refractivity contribution is -0.385. The molecule has 1 aliphatic heterocycles. The van der Waals surface area contributed by atoms with E-state index in [-0.39, 0.29) is 12.2 Å². The molecule has 156 valence electrons. The summed E-state index contributed by atoms with van der Waals surface area (Å²) in [5.41, 5.74) is 1.27. The fourth-order valence-electron chi connectivity index (χ4n) is 4.13. The summed E-state index contributed by atoms with van der Waals surface area (Å²) >= 11 is 0. The largest absolute Gasteiger partial charge is 0.416 e. The second-order valence-electron chi connectivity index (χ2n) is 7.37. The second-order valence-corrected chi connectivity index (χ2v) is 7.37. The average Bonchev–Trinajstić information content (AvgIpc) is 3.09. The summed E-state index contributed by atoms with van der Waals surface area (Å²) in [7, 11) is 0. The fourth-order valence-corrected chi connectivity index (χ4v) is 4.13. The van der Waals surface area contributed by atoms with E-state index in [9.17, 15) is 23.3 Å². The summed E-state index contributed by atoms with van der Waals surface area (Å²) in [4.78, 5) is 13.3. The van der Waals surface area contributed by atoms with Crippen molar-refractivity contribution in [2.45, 2.75) is 31.7 Å². The molecule has 2 heterocycles. The van der Waals surface area contributed by atoms with E-state index in [4.69, 9.17) is 0 Å². The Bertz CT molecular complexity index is 1060. The smallest absolute Gasteiger partial charge is 0.350 e. The molecular formula is C22H20F3N3O2. The number of rotatable bonds is 4. The Labute approximate surface area is 171 Å². The number of nitro groups is 1. The topological polar surface area (TPSA) is 51.3 Å². The second kappa shape index (κ2) is 7.95. The average molecular weight is 415 g/mol. The Morgan fingerprint density at radius 2 is 1.83 bits per heavy atom. The number of aryl methyl sites for hydroxylation is 1. The van der Waals surface area contributed by atoms with Crippen LogP contribution < -0.4 is 0 Å². The molecule has 0 bridgehead atoms. The standard InChI is InChI=1S/C22H20F3N3O2/c23-22(24,25)17-7-3-6-16(14-17)15-27-13-5-12-26-11-4-10-20(26)21(27)18-8-1-2-9-19(18)28(29)30/h1-4,6-11,14,21H,5,12-13,15H2/t21-/m0/s1. The van der Waals surface area contributed by atoms with Crippen molar-refractivity contribution in [3.63, 3.8) is 0 Å². The molecule has 8 heteroatoms. The van der Waals surface area contributed by atoms with Crippen LogP contribution in [0.3, 0.4) is 0 Å². The van der Waals surface area contributed by atoms with Gasteiger partial charge in [0.2, 0.25) is 0 Å². The molecule has 0 saturated heterocycles. The summed E-state index contributed by atoms with van der Waals surface area (Å²) in [5, 5.41) is 11.7. The number of alkyl halides is 3. The molecule has 0 radical (unpaired) electrons. The van der Waals surface area contributed by atoms with Crippen molar-refractivity contribution in [1.29, 1.82) is 0 Å². The van der Waals surface area contributed by atoms with Crippen LogP contribution in [0.25, 0.3) is 0 Å². The van der Waals surface area contributed by atoms with Crippen LogP contribution in [-0.4, -0.2) is 20.9 Å². The summed E-state index contributed by atoms with van der Waals surface area (Å²) in [6.45, 7) is 1.61. The van der Waals surface area contributed by atoms with E-state index in [1.807, 2.05) is 23.2 Å². The van der Waals surface area contributed by atoms with Crippen molar-refractivity contribution >= 4 is 5.69 Å². The third-order valence-corrected chi connectivity index (χ3v) is 5.42. The van der Waals surface area contributed by atoms with E-state index in [0.717, 1.165) is 30.8 Å². The Kier molecular flexibility index (Phi) is 5.34. The maximum atomic E-state index is 13.2. The number of nitro benzene ring substituents is 1. The molecule has 3 aromatic rings. The van der Waals surface area contributed by atoms with Crippen LogP contribution in [0.15, 0.2) is 66.9 Å². The lowest BCUT2D eigenvalue weighted by Gasteiger charge is -2.30. The van der Waals surface area contributed by atoms with Gasteiger partial charge in [-0.2, -0.15) is 13.2 Å². The van der Waals surface area contributed by atoms with Gasteiger partial charge in [-0.05, 0) is 30.2 Å². The molecular weight excluding hydrogens is 395 g/mol. The SMILES string of the molecule is O=[N+]([O-])c1ccccc1[C@H]1c2cccn2CCCN1Cc1cccc(C(F)(F)F)c1. The number of aromatic nitrogens is 1. The minimum Gasteiger partial charge on any atom is -0.350 e. The molecule has 1 atom stereocenters. The first-order chi connectivity index (χ1) is 14.3. The third-order valence-electron chi connectivity index (χ3n) is 5.42. The monoisotopic (exact) mass is 415 g/mol. The minimum absolute atomic E-state index is 0.00573. The van der Waals surface area contributed by atoms with Gasteiger partial charge in [0, 0.05) is 37.6 Å². The number of benzene rings is 2. The van der Waals surface area contributed by atoms with Gasteiger partial charge in [-0.3, -0.25) is 15.0 Å². The van der Waals surface area contributed by atoms with Gasteiger partial charge in [-0.1, -0.05) is 36.4 Å². The van der Waals surface area contributed by atoms with Gasteiger partial charge in [-0.25, -0.2) is 0 Å². The first-order valence-electron chi connectivity index (χ1n) is 9.63. The van der Waals surface area contributed by atoms with E-state index >= 15 is 0 Å². The Hall–Kier alpha value is -3.13. The summed E-state index contributed by atoms with van der Waals surface area (Å²) in [6.07, 6.45) is -1.69. The van der Waals surface area contributed by atoms with Crippen molar-refractivity contribution in [1.82, 2.24) is 9.47 Å². The molecule has 0 unspecified atom stereocenters. The number of hydrogen-bond donors (Lipinski definition) is 0. The molecule has 0 fully saturated rings. The molecule has 0 spiro atoms. The molecule has 0 saturated carbocycles. The highest BCUT2D eigenvalue weighted by molar-refractivity contribution is 5.46. The summed E-state index contributed by atoms with van der Waals surface area (Å²) in [6, 6.07) is 15.2. The third kappa shape index (κ3) is 3.95. The Morgan fingerprint density at radius 1 is 1.03 bits per heavy atom. The highest BCUT2D eigenvalue weighted by Gasteiger charge is 2.33. The van der Waals surface area contributed by atoms with E-state index in [0.29, 0.717) is 17.7 Å². The molecule has 0 N–H and O–H groups in total. The van der Waals surface area contributed by atoms with Crippen LogP contribution in [0, 0.1) is 10.1 Å². The summed E-state index contributed by atoms with van der Waals surface area (Å²) < 4.78 is 41.5. The van der Waals surface area contributed by atoms with Crippen molar-refractivity contribution in [2.75, 3.05) is 6.54 Å². The van der Waals surface area contributed by atoms with Crippen LogP contribution >= 0.6 is 0 Å². The van der Waals surface area contributed by atoms with Crippen LogP contribution in [0.1, 0.15) is 34.8 Å². The van der Waals surface area contributed by atoms with Gasteiger partial charge in [-0.15, -0.1) is 0 Å². The number of halogens is 3. The lowest BCUT2D eigenvalue weighted by atomic mass is 9.99. The van der Waals surface area contributed by atoms with Gasteiger partial charge in [0.1, 0.15) is 0 Å². The number of para-hydroxylation sites is 1. The predicted molar refractivity (Wildman–Crippen MR) is 106 cm³/mol. The normalized spacial score (nSPS) is 17.4. The maximum Gasteiger partial charge on any atom is 0.416 e. The van der Waals surface area contributed by atoms with Crippen molar-refractivity contribution < 1.29 is 18.1 Å².